The second kappa shape index (κ2) is 9.17. The highest BCUT2D eigenvalue weighted by Crippen LogP contribution is 2.20. The molecule has 1 unspecified atom stereocenters. The minimum absolute atomic E-state index is 0.00712. The third-order valence-electron chi connectivity index (χ3n) is 4.63. The lowest BCUT2D eigenvalue weighted by atomic mass is 10.1. The number of carbonyl (C=O) groups is 1. The standard InChI is InChI=1S/C22H25N3O3/c1-15(24-22(26)11-10-21-16(2)25-28-17(21)3)18-7-6-9-20(13-18)27-14-19-8-4-5-12-23-19/h4-9,12-13,15H,10-11,14H2,1-3H3,(H,24,26). The van der Waals surface area contributed by atoms with Gasteiger partial charge in [-0.25, -0.2) is 0 Å². The van der Waals surface area contributed by atoms with Crippen molar-refractivity contribution in [2.75, 3.05) is 0 Å². The number of carbonyl (C=O) groups excluding carboxylic acids is 1. The Balaban J connectivity index is 1.53. The summed E-state index contributed by atoms with van der Waals surface area (Å²) in [7, 11) is 0. The Morgan fingerprint density at radius 2 is 2.07 bits per heavy atom. The lowest BCUT2D eigenvalue weighted by Crippen LogP contribution is -2.26. The molecule has 3 rings (SSSR count). The SMILES string of the molecule is Cc1noc(C)c1CCC(=O)NC(C)c1cccc(OCc2ccccn2)c1. The molecule has 3 aromatic rings. The number of ether oxygens (including phenoxy) is 1. The molecule has 0 aliphatic rings. The summed E-state index contributed by atoms with van der Waals surface area (Å²) in [6, 6.07) is 13.4. The molecule has 0 saturated heterocycles. The van der Waals surface area contributed by atoms with Crippen LogP contribution in [0.3, 0.4) is 0 Å². The quantitative estimate of drug-likeness (QED) is 0.638. The third kappa shape index (κ3) is 5.19. The highest BCUT2D eigenvalue weighted by atomic mass is 16.5. The van der Waals surface area contributed by atoms with Gasteiger partial charge in [0.25, 0.3) is 0 Å². The van der Waals surface area contributed by atoms with Gasteiger partial charge in [0.05, 0.1) is 17.4 Å². The zero-order chi connectivity index (χ0) is 19.9. The Labute approximate surface area is 164 Å². The van der Waals surface area contributed by atoms with Gasteiger partial charge in [0.2, 0.25) is 5.91 Å². The first-order valence-corrected chi connectivity index (χ1v) is 9.36. The van der Waals surface area contributed by atoms with Crippen LogP contribution in [0.1, 0.15) is 47.7 Å². The van der Waals surface area contributed by atoms with Crippen molar-refractivity contribution in [3.8, 4) is 5.75 Å². The molecular formula is C22H25N3O3. The Kier molecular flexibility index (Phi) is 6.42. The number of aromatic nitrogens is 2. The van der Waals surface area contributed by atoms with E-state index in [1.54, 1.807) is 6.20 Å². The summed E-state index contributed by atoms with van der Waals surface area (Å²) in [6.45, 7) is 6.13. The Hall–Kier alpha value is -3.15. The van der Waals surface area contributed by atoms with Crippen LogP contribution in [-0.4, -0.2) is 16.0 Å². The predicted molar refractivity (Wildman–Crippen MR) is 106 cm³/mol. The van der Waals surface area contributed by atoms with Crippen molar-refractivity contribution in [2.45, 2.75) is 46.3 Å². The second-order valence-corrected chi connectivity index (χ2v) is 6.77. The fourth-order valence-electron chi connectivity index (χ4n) is 3.01. The highest BCUT2D eigenvalue weighted by molar-refractivity contribution is 5.76. The van der Waals surface area contributed by atoms with Crippen molar-refractivity contribution >= 4 is 5.91 Å². The van der Waals surface area contributed by atoms with E-state index in [0.29, 0.717) is 19.4 Å². The van der Waals surface area contributed by atoms with Crippen LogP contribution < -0.4 is 10.1 Å². The van der Waals surface area contributed by atoms with Gasteiger partial charge in [-0.3, -0.25) is 9.78 Å². The monoisotopic (exact) mass is 379 g/mol. The molecule has 0 fully saturated rings. The van der Waals surface area contributed by atoms with Crippen LogP contribution in [0, 0.1) is 13.8 Å². The van der Waals surface area contributed by atoms with E-state index >= 15 is 0 Å². The largest absolute Gasteiger partial charge is 0.487 e. The van der Waals surface area contributed by atoms with E-state index in [9.17, 15) is 4.79 Å². The van der Waals surface area contributed by atoms with E-state index in [1.807, 2.05) is 63.2 Å². The maximum atomic E-state index is 12.3. The van der Waals surface area contributed by atoms with Crippen molar-refractivity contribution in [1.29, 1.82) is 0 Å². The molecule has 1 atom stereocenters. The first-order valence-electron chi connectivity index (χ1n) is 9.36. The molecule has 6 heteroatoms. The molecule has 2 heterocycles. The number of amides is 1. The average Bonchev–Trinajstić information content (AvgIpc) is 3.03. The molecule has 0 bridgehead atoms. The molecule has 0 saturated carbocycles. The van der Waals surface area contributed by atoms with Gasteiger partial charge < -0.3 is 14.6 Å². The molecule has 6 nitrogen and oxygen atoms in total. The summed E-state index contributed by atoms with van der Waals surface area (Å²) in [6.07, 6.45) is 2.76. The number of hydrogen-bond acceptors (Lipinski definition) is 5. The minimum atomic E-state index is -0.115. The van der Waals surface area contributed by atoms with Crippen molar-refractivity contribution in [3.05, 3.63) is 76.9 Å². The predicted octanol–water partition coefficient (Wildman–Crippen LogP) is 4.08. The maximum absolute atomic E-state index is 12.3. The van der Waals surface area contributed by atoms with Crippen molar-refractivity contribution in [1.82, 2.24) is 15.5 Å². The van der Waals surface area contributed by atoms with Crippen molar-refractivity contribution in [3.63, 3.8) is 0 Å². The smallest absolute Gasteiger partial charge is 0.220 e. The first kappa shape index (κ1) is 19.6. The first-order chi connectivity index (χ1) is 13.5. The molecule has 1 aromatic carbocycles. The fraction of sp³-hybridized carbons (Fsp3) is 0.318. The topological polar surface area (TPSA) is 77.2 Å². The summed E-state index contributed by atoms with van der Waals surface area (Å²) in [5.41, 5.74) is 3.71. The molecule has 1 N–H and O–H groups in total. The third-order valence-corrected chi connectivity index (χ3v) is 4.63. The van der Waals surface area contributed by atoms with Crippen LogP contribution in [0.25, 0.3) is 0 Å². The maximum Gasteiger partial charge on any atom is 0.220 e. The summed E-state index contributed by atoms with van der Waals surface area (Å²) >= 11 is 0. The van der Waals surface area contributed by atoms with Crippen molar-refractivity contribution in [2.24, 2.45) is 0 Å². The molecule has 0 radical (unpaired) electrons. The van der Waals surface area contributed by atoms with E-state index in [2.05, 4.69) is 15.5 Å². The number of hydrogen-bond donors (Lipinski definition) is 1. The van der Waals surface area contributed by atoms with Crippen LogP contribution in [0.15, 0.2) is 53.2 Å². The van der Waals surface area contributed by atoms with Gasteiger partial charge in [0, 0.05) is 18.2 Å². The number of pyridine rings is 1. The van der Waals surface area contributed by atoms with Crippen LogP contribution in [0.5, 0.6) is 5.75 Å². The molecule has 2 aromatic heterocycles. The van der Waals surface area contributed by atoms with Gasteiger partial charge in [0.1, 0.15) is 18.1 Å². The summed E-state index contributed by atoms with van der Waals surface area (Å²) in [5, 5.41) is 6.97. The van der Waals surface area contributed by atoms with Gasteiger partial charge in [-0.05, 0) is 57.0 Å². The second-order valence-electron chi connectivity index (χ2n) is 6.77. The number of nitrogens with zero attached hydrogens (tertiary/aromatic N) is 2. The summed E-state index contributed by atoms with van der Waals surface area (Å²) in [5.74, 6) is 1.52. The normalized spacial score (nSPS) is 11.8. The minimum Gasteiger partial charge on any atom is -0.487 e. The Bertz CT molecular complexity index is 902. The van der Waals surface area contributed by atoms with Gasteiger partial charge >= 0.3 is 0 Å². The molecule has 0 spiro atoms. The molecule has 0 aliphatic heterocycles. The van der Waals surface area contributed by atoms with E-state index < -0.39 is 0 Å². The summed E-state index contributed by atoms with van der Waals surface area (Å²) < 4.78 is 11.0. The highest BCUT2D eigenvalue weighted by Gasteiger charge is 2.14. The molecule has 28 heavy (non-hydrogen) atoms. The average molecular weight is 379 g/mol. The number of rotatable bonds is 8. The number of aryl methyl sites for hydroxylation is 2. The Morgan fingerprint density at radius 1 is 1.21 bits per heavy atom. The van der Waals surface area contributed by atoms with Crippen molar-refractivity contribution < 1.29 is 14.1 Å². The molecule has 1 amide bonds. The number of nitrogens with one attached hydrogen (secondary N) is 1. The van der Waals surface area contributed by atoms with E-state index in [4.69, 9.17) is 9.26 Å². The van der Waals surface area contributed by atoms with Crippen LogP contribution in [-0.2, 0) is 17.8 Å². The Morgan fingerprint density at radius 3 is 2.79 bits per heavy atom. The lowest BCUT2D eigenvalue weighted by molar-refractivity contribution is -0.121. The van der Waals surface area contributed by atoms with Gasteiger partial charge in [0.15, 0.2) is 0 Å². The lowest BCUT2D eigenvalue weighted by Gasteiger charge is -2.16. The zero-order valence-electron chi connectivity index (χ0n) is 16.4. The van der Waals surface area contributed by atoms with E-state index in [1.165, 1.54) is 0 Å². The fourth-order valence-corrected chi connectivity index (χ4v) is 3.01. The molecule has 146 valence electrons. The van der Waals surface area contributed by atoms with Gasteiger partial charge in [-0.2, -0.15) is 0 Å². The zero-order valence-corrected chi connectivity index (χ0v) is 16.4. The van der Waals surface area contributed by atoms with Gasteiger partial charge in [-0.15, -0.1) is 0 Å². The van der Waals surface area contributed by atoms with Crippen LogP contribution in [0.2, 0.25) is 0 Å². The number of benzene rings is 1. The van der Waals surface area contributed by atoms with Crippen LogP contribution >= 0.6 is 0 Å². The van der Waals surface area contributed by atoms with E-state index in [0.717, 1.165) is 34.0 Å². The summed E-state index contributed by atoms with van der Waals surface area (Å²) in [4.78, 5) is 16.6. The molecular weight excluding hydrogens is 354 g/mol. The van der Waals surface area contributed by atoms with Crippen LogP contribution in [0.4, 0.5) is 0 Å². The molecule has 0 aliphatic carbocycles. The van der Waals surface area contributed by atoms with Gasteiger partial charge in [-0.1, -0.05) is 23.4 Å². The van der Waals surface area contributed by atoms with E-state index in [-0.39, 0.29) is 11.9 Å².